The number of carbonyl (C=O) groups is 4. The molecule has 4 amide bonds. The van der Waals surface area contributed by atoms with E-state index < -0.39 is 23.8 Å². The second-order valence-electron chi connectivity index (χ2n) is 17.2. The molecule has 11 rings (SSSR count). The highest BCUT2D eigenvalue weighted by Gasteiger charge is 2.50. The number of nitrogen functional groups attached to an aromatic ring is 1. The smallest absolute Gasteiger partial charge is 0.262 e. The fourth-order valence-corrected chi connectivity index (χ4v) is 10.4. The number of ether oxygens (including phenoxy) is 1. The van der Waals surface area contributed by atoms with Crippen LogP contribution < -0.4 is 20.7 Å². The second-order valence-corrected chi connectivity index (χ2v) is 17.2. The molecule has 2 aromatic heterocycles. The molecule has 7 heterocycles. The SMILES string of the molecule is Nc1ncnc2c1c(-c1ccc(Oc3ccccc3)cc1)nn2C1CCC2(CCN(C3CN(C4CN(c5ccc6c(c5)C(=O)N(C5CCC(=O)NC5=O)C6=O)C4)C3)C2)C1. The number of benzene rings is 3. The van der Waals surface area contributed by atoms with Gasteiger partial charge in [-0.05, 0) is 98.7 Å². The highest BCUT2D eigenvalue weighted by Crippen LogP contribution is 2.51. The van der Waals surface area contributed by atoms with Gasteiger partial charge in [-0.3, -0.25) is 39.2 Å². The van der Waals surface area contributed by atoms with Crippen LogP contribution in [-0.2, 0) is 9.59 Å². The third-order valence-corrected chi connectivity index (χ3v) is 13.7. The van der Waals surface area contributed by atoms with Crippen molar-refractivity contribution >= 4 is 46.2 Å². The summed E-state index contributed by atoms with van der Waals surface area (Å²) in [6.07, 6.45) is 6.23. The van der Waals surface area contributed by atoms with Crippen LogP contribution in [0.15, 0.2) is 79.1 Å². The predicted molar refractivity (Wildman–Crippen MR) is 218 cm³/mol. The molecule has 1 aliphatic carbocycles. The van der Waals surface area contributed by atoms with Crippen molar-refractivity contribution in [1.29, 1.82) is 0 Å². The van der Waals surface area contributed by atoms with Crippen LogP contribution in [0, 0.1) is 5.41 Å². The number of rotatable bonds is 8. The molecular formula is C44H44N10O5. The highest BCUT2D eigenvalue weighted by molar-refractivity contribution is 6.23. The van der Waals surface area contributed by atoms with Gasteiger partial charge in [0.15, 0.2) is 5.65 Å². The van der Waals surface area contributed by atoms with E-state index in [-0.39, 0.29) is 30.2 Å². The van der Waals surface area contributed by atoms with Gasteiger partial charge in [0.2, 0.25) is 11.8 Å². The minimum Gasteiger partial charge on any atom is -0.457 e. The van der Waals surface area contributed by atoms with E-state index in [4.69, 9.17) is 20.6 Å². The summed E-state index contributed by atoms with van der Waals surface area (Å²) in [6.45, 7) is 6.02. The molecule has 3 N–H and O–H groups in total. The summed E-state index contributed by atoms with van der Waals surface area (Å²) in [4.78, 5) is 68.2. The minimum absolute atomic E-state index is 0.0990. The first kappa shape index (κ1) is 35.9. The number of nitrogens with one attached hydrogen (secondary N) is 1. The maximum absolute atomic E-state index is 13.4. The quantitative estimate of drug-likeness (QED) is 0.214. The van der Waals surface area contributed by atoms with Crippen LogP contribution in [-0.4, -0.2) is 115 Å². The van der Waals surface area contributed by atoms with Gasteiger partial charge in [-0.2, -0.15) is 5.10 Å². The number of fused-ring (bicyclic) bond motifs is 2. The van der Waals surface area contributed by atoms with Crippen molar-refractivity contribution in [3.63, 3.8) is 0 Å². The van der Waals surface area contributed by atoms with E-state index in [9.17, 15) is 19.2 Å². The van der Waals surface area contributed by atoms with Gasteiger partial charge in [-0.15, -0.1) is 0 Å². The molecule has 15 heteroatoms. The first-order valence-electron chi connectivity index (χ1n) is 20.6. The van der Waals surface area contributed by atoms with Gasteiger partial charge in [0, 0.05) is 62.5 Å². The molecule has 3 aromatic carbocycles. The Bertz CT molecular complexity index is 2530. The van der Waals surface area contributed by atoms with Crippen molar-refractivity contribution in [2.24, 2.45) is 5.41 Å². The van der Waals surface area contributed by atoms with Gasteiger partial charge in [-0.25, -0.2) is 14.6 Å². The van der Waals surface area contributed by atoms with Crippen molar-refractivity contribution < 1.29 is 23.9 Å². The lowest BCUT2D eigenvalue weighted by molar-refractivity contribution is -0.136. The van der Waals surface area contributed by atoms with Crippen molar-refractivity contribution in [2.75, 3.05) is 49.9 Å². The zero-order valence-electron chi connectivity index (χ0n) is 32.5. The van der Waals surface area contributed by atoms with Gasteiger partial charge >= 0.3 is 0 Å². The molecule has 1 spiro atoms. The largest absolute Gasteiger partial charge is 0.457 e. The number of aromatic nitrogens is 4. The van der Waals surface area contributed by atoms with Gasteiger partial charge in [0.1, 0.15) is 35.4 Å². The third kappa shape index (κ3) is 6.05. The number of nitrogens with two attached hydrogens (primary N) is 1. The molecule has 300 valence electrons. The van der Waals surface area contributed by atoms with E-state index in [1.165, 1.54) is 12.7 Å². The molecule has 5 aromatic rings. The molecule has 5 aliphatic heterocycles. The minimum atomic E-state index is -0.964. The van der Waals surface area contributed by atoms with E-state index >= 15 is 0 Å². The van der Waals surface area contributed by atoms with Gasteiger partial charge in [-0.1, -0.05) is 18.2 Å². The Labute approximate surface area is 340 Å². The summed E-state index contributed by atoms with van der Waals surface area (Å²) >= 11 is 0. The number of anilines is 2. The van der Waals surface area contributed by atoms with E-state index in [0.717, 1.165) is 103 Å². The molecule has 0 bridgehead atoms. The van der Waals surface area contributed by atoms with Crippen LogP contribution in [0.25, 0.3) is 22.3 Å². The standard InChI is InChI=1S/C44H44N10O5/c45-39-37-38(26-6-9-32(10-7-26)59-31-4-2-1-3-5-31)49-54(40(37)47-25-46-39)28-14-15-44(19-28)16-17-50(24-44)29-20-52(21-29)30-22-51(23-30)27-8-11-33-34(18-27)43(58)53(42(33)57)35-12-13-36(55)48-41(35)56/h1-11,18,25,28-30,35H,12-17,19-24H2,(H2,45,46,47)(H,48,55,56). The first-order chi connectivity index (χ1) is 28.7. The number of imide groups is 2. The molecule has 4 saturated heterocycles. The Kier molecular flexibility index (Phi) is 8.34. The maximum atomic E-state index is 13.4. The number of piperidine rings is 1. The van der Waals surface area contributed by atoms with Crippen molar-refractivity contribution in [2.45, 2.75) is 62.7 Å². The number of hydrogen-bond acceptors (Lipinski definition) is 12. The molecule has 15 nitrogen and oxygen atoms in total. The number of likely N-dealkylation sites (tertiary alicyclic amines) is 2. The Morgan fingerprint density at radius 2 is 1.54 bits per heavy atom. The van der Waals surface area contributed by atoms with Crippen LogP contribution in [0.1, 0.15) is 65.3 Å². The molecule has 1 saturated carbocycles. The van der Waals surface area contributed by atoms with Gasteiger partial charge < -0.3 is 15.4 Å². The van der Waals surface area contributed by atoms with Crippen LogP contribution in [0.5, 0.6) is 11.5 Å². The Morgan fingerprint density at radius 1 is 0.780 bits per heavy atom. The lowest BCUT2D eigenvalue weighted by Crippen LogP contribution is -2.69. The van der Waals surface area contributed by atoms with E-state index in [1.54, 1.807) is 12.1 Å². The zero-order valence-corrected chi connectivity index (χ0v) is 32.5. The number of para-hydroxylation sites is 1. The van der Waals surface area contributed by atoms with E-state index in [2.05, 4.69) is 29.7 Å². The van der Waals surface area contributed by atoms with Crippen molar-refractivity contribution in [3.05, 3.63) is 90.3 Å². The number of hydrogen-bond donors (Lipinski definition) is 2. The summed E-state index contributed by atoms with van der Waals surface area (Å²) in [5, 5.41) is 8.23. The average Bonchev–Trinajstić information content (AvgIpc) is 3.98. The molecule has 0 radical (unpaired) electrons. The van der Waals surface area contributed by atoms with E-state index in [0.29, 0.717) is 29.0 Å². The number of amides is 4. The molecular weight excluding hydrogens is 749 g/mol. The van der Waals surface area contributed by atoms with Crippen molar-refractivity contribution in [3.8, 4) is 22.8 Å². The maximum Gasteiger partial charge on any atom is 0.262 e. The number of nitrogens with zero attached hydrogens (tertiary/aromatic N) is 8. The van der Waals surface area contributed by atoms with Crippen molar-refractivity contribution in [1.82, 2.24) is 39.8 Å². The molecule has 59 heavy (non-hydrogen) atoms. The van der Waals surface area contributed by atoms with Gasteiger partial charge in [0.25, 0.3) is 11.8 Å². The molecule has 3 unspecified atom stereocenters. The Balaban J connectivity index is 0.703. The monoisotopic (exact) mass is 792 g/mol. The molecule has 6 aliphatic rings. The summed E-state index contributed by atoms with van der Waals surface area (Å²) in [7, 11) is 0. The van der Waals surface area contributed by atoms with Crippen LogP contribution in [0.2, 0.25) is 0 Å². The van der Waals surface area contributed by atoms with Crippen LogP contribution in [0.4, 0.5) is 11.5 Å². The van der Waals surface area contributed by atoms with Crippen LogP contribution in [0.3, 0.4) is 0 Å². The normalized spacial score (nSPS) is 25.2. The summed E-state index contributed by atoms with van der Waals surface area (Å²) in [5.41, 5.74) is 10.8. The molecule has 3 atom stereocenters. The summed E-state index contributed by atoms with van der Waals surface area (Å²) in [6, 6.07) is 23.3. The highest BCUT2D eigenvalue weighted by atomic mass is 16.5. The van der Waals surface area contributed by atoms with Crippen LogP contribution >= 0.6 is 0 Å². The number of carbonyl (C=O) groups excluding carboxylic acids is 4. The first-order valence-corrected chi connectivity index (χ1v) is 20.6. The second kappa shape index (κ2) is 13.7. The fraction of sp³-hybridized carbons (Fsp3) is 0.386. The summed E-state index contributed by atoms with van der Waals surface area (Å²) < 4.78 is 8.14. The Hall–Kier alpha value is -6.19. The van der Waals surface area contributed by atoms with Gasteiger partial charge in [0.05, 0.1) is 22.6 Å². The third-order valence-electron chi connectivity index (χ3n) is 13.7. The summed E-state index contributed by atoms with van der Waals surface area (Å²) in [5.74, 6) is 0.0266. The molecule has 5 fully saturated rings. The fourth-order valence-electron chi connectivity index (χ4n) is 10.4. The zero-order chi connectivity index (χ0) is 40.0. The predicted octanol–water partition coefficient (Wildman–Crippen LogP) is 4.26. The lowest BCUT2D eigenvalue weighted by atomic mass is 9.85. The topological polar surface area (TPSA) is 172 Å². The Morgan fingerprint density at radius 3 is 2.34 bits per heavy atom. The average molecular weight is 793 g/mol. The van der Waals surface area contributed by atoms with E-state index in [1.807, 2.05) is 60.7 Å². The lowest BCUT2D eigenvalue weighted by Gasteiger charge is -2.54.